The molecular formula is C32H50ClF3N4O3. The van der Waals surface area contributed by atoms with E-state index in [4.69, 9.17) is 16.3 Å². The van der Waals surface area contributed by atoms with Gasteiger partial charge in [-0.2, -0.15) is 13.2 Å². The molecule has 1 saturated heterocycles. The van der Waals surface area contributed by atoms with E-state index in [1.54, 1.807) is 6.07 Å². The maximum Gasteiger partial charge on any atom is 0.402 e. The van der Waals surface area contributed by atoms with Crippen LogP contribution in [0.5, 0.6) is 5.75 Å². The topological polar surface area (TPSA) is 66.0 Å². The van der Waals surface area contributed by atoms with Gasteiger partial charge in [0.05, 0.1) is 12.7 Å². The number of nitrogens with zero attached hydrogens (tertiary/aromatic N) is 4. The molecule has 1 fully saturated rings. The Balaban J connectivity index is 0.000000702. The molecule has 0 amide bonds. The lowest BCUT2D eigenvalue weighted by atomic mass is 9.92. The van der Waals surface area contributed by atoms with Gasteiger partial charge in [0.15, 0.2) is 6.29 Å². The lowest BCUT2D eigenvalue weighted by Gasteiger charge is -2.33. The summed E-state index contributed by atoms with van der Waals surface area (Å²) in [4.78, 5) is 32.2. The van der Waals surface area contributed by atoms with E-state index in [9.17, 15) is 22.8 Å². The van der Waals surface area contributed by atoms with E-state index in [0.29, 0.717) is 22.5 Å². The number of piperidine rings is 1. The molecule has 11 heteroatoms. The third-order valence-corrected chi connectivity index (χ3v) is 7.42. The smallest absolute Gasteiger partial charge is 0.402 e. The molecule has 0 N–H and O–H groups in total. The lowest BCUT2D eigenvalue weighted by Crippen LogP contribution is -2.34. The average molecular weight is 631 g/mol. The maximum absolute atomic E-state index is 12.4. The zero-order valence-corrected chi connectivity index (χ0v) is 26.6. The molecule has 1 aliphatic rings. The number of aromatic nitrogens is 1. The Kier molecular flexibility index (Phi) is 19.0. The molecule has 0 spiro atoms. The number of halogens is 4. The van der Waals surface area contributed by atoms with Crippen molar-refractivity contribution >= 4 is 30.0 Å². The summed E-state index contributed by atoms with van der Waals surface area (Å²) >= 11 is 6.00. The van der Waals surface area contributed by atoms with Gasteiger partial charge in [-0.25, -0.2) is 4.98 Å². The summed E-state index contributed by atoms with van der Waals surface area (Å²) in [6.45, 7) is 7.55. The zero-order valence-electron chi connectivity index (χ0n) is 25.8. The minimum absolute atomic E-state index is 0. The standard InChI is InChI=1S/C16H24ClN3O.C10H9F3O2.C5H13N.CH4/c1-19(2)9-3-4-13-7-10-20(11-8-13)15-6-5-14(12-21)16(17)18-15;1-15-8-4-2-3-7(5-8)9(6-14)10(11,12)13;1-5(2)6(3)4;/h5-6,12-13H,3-4,7-11H2,1-2H3;2-6,9H,1H3;5H,1-4H3;1H4. The minimum atomic E-state index is -4.56. The molecule has 244 valence electrons. The van der Waals surface area contributed by atoms with Crippen LogP contribution in [0.2, 0.25) is 5.15 Å². The number of alkyl halides is 3. The molecule has 43 heavy (non-hydrogen) atoms. The van der Waals surface area contributed by atoms with Crippen LogP contribution in [0.25, 0.3) is 0 Å². The Morgan fingerprint density at radius 1 is 1.09 bits per heavy atom. The predicted octanol–water partition coefficient (Wildman–Crippen LogP) is 7.24. The Bertz CT molecular complexity index is 1070. The van der Waals surface area contributed by atoms with E-state index in [-0.39, 0.29) is 19.3 Å². The predicted molar refractivity (Wildman–Crippen MR) is 171 cm³/mol. The Morgan fingerprint density at radius 2 is 1.70 bits per heavy atom. The third-order valence-electron chi connectivity index (χ3n) is 7.12. The number of pyridine rings is 1. The molecule has 1 aliphatic heterocycles. The highest BCUT2D eigenvalue weighted by Crippen LogP contribution is 2.34. The summed E-state index contributed by atoms with van der Waals surface area (Å²) in [5, 5.41) is 0.301. The van der Waals surface area contributed by atoms with Gasteiger partial charge in [0.1, 0.15) is 28.9 Å². The number of anilines is 1. The molecular weight excluding hydrogens is 581 g/mol. The summed E-state index contributed by atoms with van der Waals surface area (Å²) in [6, 6.07) is 9.70. The number of benzene rings is 1. The van der Waals surface area contributed by atoms with Crippen LogP contribution >= 0.6 is 11.6 Å². The van der Waals surface area contributed by atoms with E-state index in [0.717, 1.165) is 31.1 Å². The van der Waals surface area contributed by atoms with Gasteiger partial charge in [-0.1, -0.05) is 31.2 Å². The minimum Gasteiger partial charge on any atom is -0.497 e. The summed E-state index contributed by atoms with van der Waals surface area (Å²) in [5.74, 6) is -0.0838. The molecule has 1 aromatic heterocycles. The third kappa shape index (κ3) is 15.0. The number of hydrogen-bond donors (Lipinski definition) is 0. The van der Waals surface area contributed by atoms with Gasteiger partial charge in [-0.05, 0) is 110 Å². The van der Waals surface area contributed by atoms with Crippen molar-refractivity contribution in [3.05, 3.63) is 52.7 Å². The Hall–Kier alpha value is -2.69. The van der Waals surface area contributed by atoms with Crippen LogP contribution in [0, 0.1) is 5.92 Å². The van der Waals surface area contributed by atoms with Gasteiger partial charge in [0.2, 0.25) is 0 Å². The van der Waals surface area contributed by atoms with Gasteiger partial charge in [0.25, 0.3) is 0 Å². The molecule has 3 rings (SSSR count). The number of carbonyl (C=O) groups excluding carboxylic acids is 2. The fourth-order valence-electron chi connectivity index (χ4n) is 4.03. The van der Waals surface area contributed by atoms with E-state index in [1.807, 2.05) is 6.07 Å². The molecule has 1 unspecified atom stereocenters. The van der Waals surface area contributed by atoms with Crippen molar-refractivity contribution in [1.29, 1.82) is 0 Å². The van der Waals surface area contributed by atoms with Crippen molar-refractivity contribution in [3.63, 3.8) is 0 Å². The molecule has 1 atom stereocenters. The van der Waals surface area contributed by atoms with E-state index < -0.39 is 12.1 Å². The first kappa shape index (κ1) is 40.3. The molecule has 1 aromatic carbocycles. The molecule has 2 aromatic rings. The number of rotatable bonds is 10. The zero-order chi connectivity index (χ0) is 31.9. The van der Waals surface area contributed by atoms with E-state index in [1.165, 1.54) is 63.6 Å². The first-order valence-electron chi connectivity index (χ1n) is 14.1. The van der Waals surface area contributed by atoms with Crippen molar-refractivity contribution in [2.45, 2.75) is 65.1 Å². The SMILES string of the molecule is C.CC(C)N(C)C.CN(C)CCCC1CCN(c2ccc(C=O)c(Cl)n2)CC1.COc1cccc(C(C=O)C(F)(F)F)c1. The molecule has 0 bridgehead atoms. The van der Waals surface area contributed by atoms with Crippen LogP contribution in [0.1, 0.15) is 68.8 Å². The lowest BCUT2D eigenvalue weighted by molar-refractivity contribution is -0.155. The second-order valence-electron chi connectivity index (χ2n) is 11.0. The number of ether oxygens (including phenoxy) is 1. The molecule has 7 nitrogen and oxygen atoms in total. The van der Waals surface area contributed by atoms with Crippen molar-refractivity contribution in [3.8, 4) is 5.75 Å². The van der Waals surface area contributed by atoms with Crippen LogP contribution < -0.4 is 9.64 Å². The number of hydrogen-bond acceptors (Lipinski definition) is 7. The summed E-state index contributed by atoms with van der Waals surface area (Å²) in [7, 11) is 9.75. The average Bonchev–Trinajstić information content (AvgIpc) is 2.93. The van der Waals surface area contributed by atoms with Crippen LogP contribution in [-0.2, 0) is 4.79 Å². The van der Waals surface area contributed by atoms with Gasteiger partial charge in [-0.3, -0.25) is 4.79 Å². The van der Waals surface area contributed by atoms with Gasteiger partial charge in [0, 0.05) is 19.1 Å². The monoisotopic (exact) mass is 630 g/mol. The first-order chi connectivity index (χ1) is 19.7. The molecule has 0 aliphatic carbocycles. The van der Waals surface area contributed by atoms with Crippen LogP contribution in [-0.4, -0.2) is 94.5 Å². The van der Waals surface area contributed by atoms with E-state index in [2.05, 4.69) is 61.7 Å². The number of methoxy groups -OCH3 is 1. The van der Waals surface area contributed by atoms with Crippen molar-refractivity contribution in [1.82, 2.24) is 14.8 Å². The summed E-state index contributed by atoms with van der Waals surface area (Å²) in [5.41, 5.74) is 0.343. The molecule has 0 saturated carbocycles. The largest absolute Gasteiger partial charge is 0.497 e. The number of carbonyl (C=O) groups is 2. The maximum atomic E-state index is 12.4. The van der Waals surface area contributed by atoms with Gasteiger partial charge >= 0.3 is 6.18 Å². The highest BCUT2D eigenvalue weighted by atomic mass is 35.5. The fraction of sp³-hybridized carbons (Fsp3) is 0.594. The second-order valence-corrected chi connectivity index (χ2v) is 11.4. The molecule has 0 radical (unpaired) electrons. The van der Waals surface area contributed by atoms with Gasteiger partial charge in [-0.15, -0.1) is 0 Å². The normalized spacial score (nSPS) is 14.2. The Morgan fingerprint density at radius 3 is 2.14 bits per heavy atom. The van der Waals surface area contributed by atoms with Crippen molar-refractivity contribution in [2.24, 2.45) is 5.92 Å². The highest BCUT2D eigenvalue weighted by molar-refractivity contribution is 6.31. The van der Waals surface area contributed by atoms with Crippen LogP contribution in [0.4, 0.5) is 19.0 Å². The van der Waals surface area contributed by atoms with Gasteiger partial charge < -0.3 is 24.2 Å². The van der Waals surface area contributed by atoms with Crippen LogP contribution in [0.15, 0.2) is 36.4 Å². The fourth-order valence-corrected chi connectivity index (χ4v) is 4.22. The van der Waals surface area contributed by atoms with E-state index >= 15 is 0 Å². The Labute approximate surface area is 261 Å². The quantitative estimate of drug-likeness (QED) is 0.203. The van der Waals surface area contributed by atoms with Crippen molar-refractivity contribution in [2.75, 3.05) is 59.8 Å². The molecule has 2 heterocycles. The number of aldehydes is 2. The van der Waals surface area contributed by atoms with Crippen molar-refractivity contribution < 1.29 is 27.5 Å². The first-order valence-corrected chi connectivity index (χ1v) is 14.4. The highest BCUT2D eigenvalue weighted by Gasteiger charge is 2.40. The summed E-state index contributed by atoms with van der Waals surface area (Å²) in [6.07, 6.45) is 1.07. The summed E-state index contributed by atoms with van der Waals surface area (Å²) < 4.78 is 41.9. The second kappa shape index (κ2) is 20.3. The van der Waals surface area contributed by atoms with Crippen LogP contribution in [0.3, 0.4) is 0 Å².